The van der Waals surface area contributed by atoms with Gasteiger partial charge in [0.25, 0.3) is 0 Å². The third-order valence-corrected chi connectivity index (χ3v) is 2.59. The van der Waals surface area contributed by atoms with Crippen molar-refractivity contribution in [1.29, 1.82) is 0 Å². The van der Waals surface area contributed by atoms with Crippen LogP contribution in [0.15, 0.2) is 36.4 Å². The summed E-state index contributed by atoms with van der Waals surface area (Å²) >= 11 is 0. The highest BCUT2D eigenvalue weighted by molar-refractivity contribution is 5.77. The fourth-order valence-corrected chi connectivity index (χ4v) is 1.63. The van der Waals surface area contributed by atoms with Crippen molar-refractivity contribution in [2.45, 2.75) is 0 Å². The second-order valence-electron chi connectivity index (χ2n) is 3.71. The summed E-state index contributed by atoms with van der Waals surface area (Å²) in [5.74, 6) is -2.13. The van der Waals surface area contributed by atoms with Crippen LogP contribution in [-0.4, -0.2) is 13.4 Å². The van der Waals surface area contributed by atoms with E-state index in [1.54, 1.807) is 24.3 Å². The van der Waals surface area contributed by atoms with E-state index in [4.69, 9.17) is 4.74 Å². The van der Waals surface area contributed by atoms with Crippen molar-refractivity contribution in [2.75, 3.05) is 7.11 Å². The molecule has 0 fully saturated rings. The molecule has 0 aliphatic carbocycles. The van der Waals surface area contributed by atoms with Crippen LogP contribution in [0.4, 0.5) is 8.78 Å². The van der Waals surface area contributed by atoms with Crippen LogP contribution in [-0.2, 0) is 0 Å². The minimum Gasteiger partial charge on any atom is -0.494 e. The highest BCUT2D eigenvalue weighted by atomic mass is 19.2. The molecule has 0 amide bonds. The molecule has 0 saturated carbocycles. The van der Waals surface area contributed by atoms with Gasteiger partial charge in [0.15, 0.2) is 11.6 Å². The summed E-state index contributed by atoms with van der Waals surface area (Å²) in [6.07, 6.45) is 0.718. The van der Waals surface area contributed by atoms with Gasteiger partial charge in [0.05, 0.1) is 7.11 Å². The Morgan fingerprint density at radius 2 is 1.72 bits per heavy atom. The van der Waals surface area contributed by atoms with Crippen molar-refractivity contribution >= 4 is 6.29 Å². The molecule has 2 aromatic carbocycles. The lowest BCUT2D eigenvalue weighted by Gasteiger charge is -2.07. The number of carbonyl (C=O) groups is 1. The molecule has 0 aromatic heterocycles. The zero-order chi connectivity index (χ0) is 13.1. The maximum Gasteiger partial charge on any atom is 0.200 e. The largest absolute Gasteiger partial charge is 0.494 e. The number of aldehydes is 1. The summed E-state index contributed by atoms with van der Waals surface area (Å²) < 4.78 is 31.4. The number of ether oxygens (including phenoxy) is 1. The van der Waals surface area contributed by atoms with Crippen LogP contribution in [0.2, 0.25) is 0 Å². The van der Waals surface area contributed by atoms with E-state index in [9.17, 15) is 13.6 Å². The highest BCUT2D eigenvalue weighted by Gasteiger charge is 2.12. The van der Waals surface area contributed by atoms with Crippen molar-refractivity contribution in [3.05, 3.63) is 53.6 Å². The molecule has 92 valence electrons. The smallest absolute Gasteiger partial charge is 0.200 e. The Morgan fingerprint density at radius 3 is 2.28 bits per heavy atom. The minimum atomic E-state index is -1.01. The molecule has 0 heterocycles. The van der Waals surface area contributed by atoms with Crippen molar-refractivity contribution in [1.82, 2.24) is 0 Å². The fraction of sp³-hybridized carbons (Fsp3) is 0.0714. The summed E-state index contributed by atoms with van der Waals surface area (Å²) in [7, 11) is 1.27. The van der Waals surface area contributed by atoms with Crippen LogP contribution >= 0.6 is 0 Å². The van der Waals surface area contributed by atoms with E-state index in [-0.39, 0.29) is 5.75 Å². The normalized spacial score (nSPS) is 10.2. The number of benzene rings is 2. The maximum absolute atomic E-state index is 13.3. The van der Waals surface area contributed by atoms with Crippen LogP contribution in [0.25, 0.3) is 11.1 Å². The zero-order valence-electron chi connectivity index (χ0n) is 9.61. The number of rotatable bonds is 3. The van der Waals surface area contributed by atoms with Gasteiger partial charge in [-0.05, 0) is 23.3 Å². The summed E-state index contributed by atoms with van der Waals surface area (Å²) in [4.78, 5) is 10.5. The lowest BCUT2D eigenvalue weighted by atomic mass is 10.0. The predicted octanol–water partition coefficient (Wildman–Crippen LogP) is 3.45. The average Bonchev–Trinajstić information content (AvgIpc) is 2.42. The molecule has 0 saturated heterocycles. The Balaban J connectivity index is 2.49. The average molecular weight is 248 g/mol. The van der Waals surface area contributed by atoms with Gasteiger partial charge < -0.3 is 4.74 Å². The van der Waals surface area contributed by atoms with Crippen LogP contribution in [0.3, 0.4) is 0 Å². The van der Waals surface area contributed by atoms with Crippen LogP contribution in [0.1, 0.15) is 10.4 Å². The third kappa shape index (κ3) is 2.22. The van der Waals surface area contributed by atoms with E-state index in [0.29, 0.717) is 16.7 Å². The Kier molecular flexibility index (Phi) is 3.37. The van der Waals surface area contributed by atoms with E-state index in [1.165, 1.54) is 13.2 Å². The van der Waals surface area contributed by atoms with Gasteiger partial charge in [-0.2, -0.15) is 4.39 Å². The second kappa shape index (κ2) is 4.96. The second-order valence-corrected chi connectivity index (χ2v) is 3.71. The highest BCUT2D eigenvalue weighted by Crippen LogP contribution is 2.28. The fourth-order valence-electron chi connectivity index (χ4n) is 1.63. The molecule has 2 rings (SSSR count). The quantitative estimate of drug-likeness (QED) is 0.777. The molecule has 0 aliphatic rings. The molecule has 0 N–H and O–H groups in total. The van der Waals surface area contributed by atoms with Crippen molar-refractivity contribution in [3.63, 3.8) is 0 Å². The first kappa shape index (κ1) is 12.2. The third-order valence-electron chi connectivity index (χ3n) is 2.59. The van der Waals surface area contributed by atoms with Crippen molar-refractivity contribution in [2.24, 2.45) is 0 Å². The molecular formula is C14H10F2O2. The Labute approximate surface area is 103 Å². The maximum atomic E-state index is 13.3. The molecule has 2 nitrogen and oxygen atoms in total. The van der Waals surface area contributed by atoms with Gasteiger partial charge in [-0.15, -0.1) is 0 Å². The number of halogens is 2. The number of carbonyl (C=O) groups excluding carboxylic acids is 1. The first-order chi connectivity index (χ1) is 8.65. The number of hydrogen-bond acceptors (Lipinski definition) is 2. The molecule has 4 heteroatoms. The SMILES string of the molecule is COc1cc(-c2ccc(C=O)cc2)cc(F)c1F. The van der Waals surface area contributed by atoms with E-state index in [0.717, 1.165) is 12.4 Å². The van der Waals surface area contributed by atoms with E-state index in [1.807, 2.05) is 0 Å². The van der Waals surface area contributed by atoms with Crippen molar-refractivity contribution < 1.29 is 18.3 Å². The summed E-state index contributed by atoms with van der Waals surface area (Å²) in [6, 6.07) is 9.04. The lowest BCUT2D eigenvalue weighted by molar-refractivity contribution is 0.112. The summed E-state index contributed by atoms with van der Waals surface area (Å²) in [6.45, 7) is 0. The summed E-state index contributed by atoms with van der Waals surface area (Å²) in [5, 5.41) is 0. The number of methoxy groups -OCH3 is 1. The Morgan fingerprint density at radius 1 is 1.06 bits per heavy atom. The molecule has 18 heavy (non-hydrogen) atoms. The molecule has 0 radical (unpaired) electrons. The van der Waals surface area contributed by atoms with Gasteiger partial charge in [0, 0.05) is 5.56 Å². The standard InChI is InChI=1S/C14H10F2O2/c1-18-13-7-11(6-12(15)14(13)16)10-4-2-9(8-17)3-5-10/h2-8H,1H3. The predicted molar refractivity (Wildman–Crippen MR) is 63.7 cm³/mol. The van der Waals surface area contributed by atoms with Gasteiger partial charge in [-0.3, -0.25) is 4.79 Å². The first-order valence-electron chi connectivity index (χ1n) is 5.24. The molecule has 0 spiro atoms. The van der Waals surface area contributed by atoms with Gasteiger partial charge in [-0.25, -0.2) is 4.39 Å². The first-order valence-corrected chi connectivity index (χ1v) is 5.24. The molecule has 0 atom stereocenters. The monoisotopic (exact) mass is 248 g/mol. The van der Waals surface area contributed by atoms with Gasteiger partial charge >= 0.3 is 0 Å². The molecule has 2 aromatic rings. The van der Waals surface area contributed by atoms with Crippen LogP contribution < -0.4 is 4.74 Å². The van der Waals surface area contributed by atoms with Gasteiger partial charge in [0.1, 0.15) is 6.29 Å². The minimum absolute atomic E-state index is 0.149. The van der Waals surface area contributed by atoms with Gasteiger partial charge in [-0.1, -0.05) is 24.3 Å². The molecular weight excluding hydrogens is 238 g/mol. The van der Waals surface area contributed by atoms with Crippen LogP contribution in [0.5, 0.6) is 5.75 Å². The topological polar surface area (TPSA) is 26.3 Å². The van der Waals surface area contributed by atoms with Crippen molar-refractivity contribution in [3.8, 4) is 16.9 Å². The van der Waals surface area contributed by atoms with E-state index < -0.39 is 11.6 Å². The van der Waals surface area contributed by atoms with E-state index >= 15 is 0 Å². The van der Waals surface area contributed by atoms with Gasteiger partial charge in [0.2, 0.25) is 5.82 Å². The zero-order valence-corrected chi connectivity index (χ0v) is 9.61. The number of hydrogen-bond donors (Lipinski definition) is 0. The summed E-state index contributed by atoms with van der Waals surface area (Å²) in [5.41, 5.74) is 1.69. The van der Waals surface area contributed by atoms with Crippen LogP contribution in [0, 0.1) is 11.6 Å². The molecule has 0 aliphatic heterocycles. The Bertz CT molecular complexity index is 577. The Hall–Kier alpha value is -2.23. The molecule has 0 bridgehead atoms. The lowest BCUT2D eigenvalue weighted by Crippen LogP contribution is -1.93. The molecule has 0 unspecified atom stereocenters. The van der Waals surface area contributed by atoms with E-state index in [2.05, 4.69) is 0 Å².